The zero-order valence-electron chi connectivity index (χ0n) is 13.6. The summed E-state index contributed by atoms with van der Waals surface area (Å²) in [6.45, 7) is 1.69. The highest BCUT2D eigenvalue weighted by Gasteiger charge is 2.11. The monoisotopic (exact) mass is 331 g/mol. The van der Waals surface area contributed by atoms with Crippen LogP contribution in [0.4, 0.5) is 4.79 Å². The van der Waals surface area contributed by atoms with Gasteiger partial charge in [-0.3, -0.25) is 14.9 Å². The van der Waals surface area contributed by atoms with Crippen molar-refractivity contribution in [1.29, 1.82) is 0 Å². The van der Waals surface area contributed by atoms with Gasteiger partial charge in [0, 0.05) is 30.1 Å². The van der Waals surface area contributed by atoms with Gasteiger partial charge in [-0.2, -0.15) is 0 Å². The first-order chi connectivity index (χ1) is 11.6. The van der Waals surface area contributed by atoms with Crippen LogP contribution in [0.15, 0.2) is 30.5 Å². The third kappa shape index (κ3) is 5.12. The lowest BCUT2D eigenvalue weighted by molar-refractivity contribution is -0.148. The maximum atomic E-state index is 11.6. The van der Waals surface area contributed by atoms with E-state index in [0.717, 1.165) is 22.9 Å². The minimum atomic E-state index is -0.647. The number of aryl methyl sites for hydroxylation is 1. The average molecular weight is 331 g/mol. The van der Waals surface area contributed by atoms with E-state index in [9.17, 15) is 14.4 Å². The molecule has 0 saturated heterocycles. The van der Waals surface area contributed by atoms with Crippen LogP contribution >= 0.6 is 0 Å². The molecule has 1 aromatic heterocycles. The number of benzene rings is 1. The summed E-state index contributed by atoms with van der Waals surface area (Å²) >= 11 is 0. The highest BCUT2D eigenvalue weighted by Crippen LogP contribution is 2.19. The van der Waals surface area contributed by atoms with Crippen molar-refractivity contribution in [1.82, 2.24) is 15.6 Å². The fourth-order valence-corrected chi connectivity index (χ4v) is 2.35. The summed E-state index contributed by atoms with van der Waals surface area (Å²) in [6, 6.07) is 7.37. The van der Waals surface area contributed by atoms with Crippen molar-refractivity contribution in [2.75, 3.05) is 13.2 Å². The minimum Gasteiger partial charge on any atom is -0.456 e. The second-order valence-electron chi connectivity index (χ2n) is 5.28. The van der Waals surface area contributed by atoms with E-state index in [1.54, 1.807) is 6.92 Å². The number of para-hydroxylation sites is 1. The third-order valence-corrected chi connectivity index (χ3v) is 3.46. The lowest BCUT2D eigenvalue weighted by atomic mass is 10.1. The molecule has 3 N–H and O–H groups in total. The summed E-state index contributed by atoms with van der Waals surface area (Å²) in [5, 5.41) is 5.62. The molecule has 1 aromatic carbocycles. The SMILES string of the molecule is CCNC(=O)NC(=O)COC(=O)CCCc1c[nH]c2ccccc12. The highest BCUT2D eigenvalue weighted by molar-refractivity contribution is 5.95. The summed E-state index contributed by atoms with van der Waals surface area (Å²) in [6.07, 6.45) is 3.52. The number of ether oxygens (including phenoxy) is 1. The number of urea groups is 1. The first kappa shape index (κ1) is 17.5. The van der Waals surface area contributed by atoms with Crippen molar-refractivity contribution in [3.05, 3.63) is 36.0 Å². The second-order valence-corrected chi connectivity index (χ2v) is 5.28. The van der Waals surface area contributed by atoms with Crippen LogP contribution in [0.25, 0.3) is 10.9 Å². The van der Waals surface area contributed by atoms with E-state index in [-0.39, 0.29) is 6.42 Å². The van der Waals surface area contributed by atoms with E-state index in [1.165, 1.54) is 0 Å². The number of H-pyrrole nitrogens is 1. The Morgan fingerprint density at radius 3 is 2.79 bits per heavy atom. The third-order valence-electron chi connectivity index (χ3n) is 3.46. The molecule has 7 heteroatoms. The van der Waals surface area contributed by atoms with Crippen LogP contribution in [0.2, 0.25) is 0 Å². The van der Waals surface area contributed by atoms with Crippen LogP contribution < -0.4 is 10.6 Å². The fraction of sp³-hybridized carbons (Fsp3) is 0.353. The smallest absolute Gasteiger partial charge is 0.321 e. The Kier molecular flexibility index (Phi) is 6.36. The summed E-state index contributed by atoms with van der Waals surface area (Å²) in [5.74, 6) is -1.10. The van der Waals surface area contributed by atoms with Crippen molar-refractivity contribution < 1.29 is 19.1 Å². The molecule has 2 aromatic rings. The number of carbonyl (C=O) groups excluding carboxylic acids is 3. The van der Waals surface area contributed by atoms with Gasteiger partial charge in [0.2, 0.25) is 0 Å². The normalized spacial score (nSPS) is 10.4. The molecule has 0 unspecified atom stereocenters. The van der Waals surface area contributed by atoms with E-state index in [0.29, 0.717) is 13.0 Å². The molecule has 2 rings (SSSR count). The lowest BCUT2D eigenvalue weighted by Crippen LogP contribution is -2.41. The van der Waals surface area contributed by atoms with Gasteiger partial charge in [0.05, 0.1) is 0 Å². The number of esters is 1. The zero-order chi connectivity index (χ0) is 17.4. The predicted octanol–water partition coefficient (Wildman–Crippen LogP) is 1.88. The molecule has 3 amide bonds. The number of imide groups is 1. The maximum Gasteiger partial charge on any atom is 0.321 e. The number of nitrogens with one attached hydrogen (secondary N) is 3. The average Bonchev–Trinajstić information content (AvgIpc) is 2.96. The molecule has 1 heterocycles. The Morgan fingerprint density at radius 1 is 1.21 bits per heavy atom. The first-order valence-electron chi connectivity index (χ1n) is 7.88. The lowest BCUT2D eigenvalue weighted by Gasteiger charge is -2.06. The van der Waals surface area contributed by atoms with Crippen molar-refractivity contribution in [2.24, 2.45) is 0 Å². The van der Waals surface area contributed by atoms with Crippen molar-refractivity contribution >= 4 is 28.8 Å². The molecule has 0 saturated carbocycles. The van der Waals surface area contributed by atoms with Crippen LogP contribution in [-0.2, 0) is 20.7 Å². The molecule has 0 spiro atoms. The number of hydrogen-bond acceptors (Lipinski definition) is 4. The maximum absolute atomic E-state index is 11.6. The van der Waals surface area contributed by atoms with E-state index in [4.69, 9.17) is 4.74 Å². The molecule has 0 bridgehead atoms. The van der Waals surface area contributed by atoms with Crippen LogP contribution in [0.3, 0.4) is 0 Å². The molecule has 128 valence electrons. The first-order valence-corrected chi connectivity index (χ1v) is 7.88. The van der Waals surface area contributed by atoms with Crippen LogP contribution in [-0.4, -0.2) is 36.0 Å². The van der Waals surface area contributed by atoms with Crippen molar-refractivity contribution in [3.8, 4) is 0 Å². The van der Waals surface area contributed by atoms with Crippen molar-refractivity contribution in [3.63, 3.8) is 0 Å². The standard InChI is InChI=1S/C17H21N3O4/c1-2-18-17(23)20-15(21)11-24-16(22)9-5-6-12-10-19-14-8-4-3-7-13(12)14/h3-4,7-8,10,19H,2,5-6,9,11H2,1H3,(H2,18,20,21,23). The number of hydrogen-bond donors (Lipinski definition) is 3. The Hall–Kier alpha value is -2.83. The largest absolute Gasteiger partial charge is 0.456 e. The molecule has 0 aliphatic heterocycles. The molecule has 0 fully saturated rings. The van der Waals surface area contributed by atoms with Gasteiger partial charge in [0.15, 0.2) is 6.61 Å². The second kappa shape index (κ2) is 8.71. The summed E-state index contributed by atoms with van der Waals surface area (Å²) in [5.41, 5.74) is 2.21. The fourth-order valence-electron chi connectivity index (χ4n) is 2.35. The molecule has 0 radical (unpaired) electrons. The number of fused-ring (bicyclic) bond motifs is 1. The summed E-state index contributed by atoms with van der Waals surface area (Å²) in [7, 11) is 0. The van der Waals surface area contributed by atoms with Gasteiger partial charge in [-0.25, -0.2) is 4.79 Å². The van der Waals surface area contributed by atoms with Gasteiger partial charge in [0.1, 0.15) is 0 Å². The van der Waals surface area contributed by atoms with Crippen LogP contribution in [0, 0.1) is 0 Å². The van der Waals surface area contributed by atoms with E-state index in [2.05, 4.69) is 15.6 Å². The minimum absolute atomic E-state index is 0.216. The van der Waals surface area contributed by atoms with Gasteiger partial charge < -0.3 is 15.0 Å². The Balaban J connectivity index is 1.68. The molecular formula is C17H21N3O4. The zero-order valence-corrected chi connectivity index (χ0v) is 13.6. The number of aromatic nitrogens is 1. The summed E-state index contributed by atoms with van der Waals surface area (Å²) in [4.78, 5) is 37.3. The Labute approximate surface area is 139 Å². The van der Waals surface area contributed by atoms with Gasteiger partial charge >= 0.3 is 12.0 Å². The Morgan fingerprint density at radius 2 is 2.00 bits per heavy atom. The predicted molar refractivity (Wildman–Crippen MR) is 89.4 cm³/mol. The van der Waals surface area contributed by atoms with E-state index < -0.39 is 24.5 Å². The van der Waals surface area contributed by atoms with Gasteiger partial charge in [0.25, 0.3) is 5.91 Å². The molecule has 0 aliphatic rings. The molecule has 0 atom stereocenters. The highest BCUT2D eigenvalue weighted by atomic mass is 16.5. The molecular weight excluding hydrogens is 310 g/mol. The van der Waals surface area contributed by atoms with Gasteiger partial charge in [-0.15, -0.1) is 0 Å². The van der Waals surface area contributed by atoms with Gasteiger partial charge in [-0.1, -0.05) is 18.2 Å². The number of aromatic amines is 1. The number of carbonyl (C=O) groups is 3. The summed E-state index contributed by atoms with van der Waals surface area (Å²) < 4.78 is 4.85. The van der Waals surface area contributed by atoms with E-state index >= 15 is 0 Å². The van der Waals surface area contributed by atoms with Crippen molar-refractivity contribution in [2.45, 2.75) is 26.2 Å². The topological polar surface area (TPSA) is 100 Å². The molecule has 24 heavy (non-hydrogen) atoms. The quantitative estimate of drug-likeness (QED) is 0.674. The number of amides is 3. The van der Waals surface area contributed by atoms with Crippen LogP contribution in [0.5, 0.6) is 0 Å². The molecule has 0 aliphatic carbocycles. The number of rotatable bonds is 7. The van der Waals surface area contributed by atoms with E-state index in [1.807, 2.05) is 30.5 Å². The van der Waals surface area contributed by atoms with Crippen LogP contribution in [0.1, 0.15) is 25.3 Å². The Bertz CT molecular complexity index is 723. The van der Waals surface area contributed by atoms with Gasteiger partial charge in [-0.05, 0) is 31.4 Å². The molecule has 7 nitrogen and oxygen atoms in total.